The molecule has 2 aliphatic heterocycles. The fraction of sp³-hybridized carbons (Fsp3) is 0.435. The number of aromatic nitrogens is 1. The number of rotatable bonds is 6. The van der Waals surface area contributed by atoms with E-state index in [4.69, 9.17) is 0 Å². The van der Waals surface area contributed by atoms with Crippen molar-refractivity contribution in [3.8, 4) is 0 Å². The van der Waals surface area contributed by atoms with Crippen molar-refractivity contribution in [2.75, 3.05) is 19.6 Å². The summed E-state index contributed by atoms with van der Waals surface area (Å²) in [5, 5.41) is 3.05. The molecular formula is C23H29N5O2. The van der Waals surface area contributed by atoms with E-state index < -0.39 is 0 Å². The van der Waals surface area contributed by atoms with E-state index >= 15 is 0 Å². The van der Waals surface area contributed by atoms with Crippen molar-refractivity contribution in [2.24, 2.45) is 5.92 Å². The summed E-state index contributed by atoms with van der Waals surface area (Å²) in [5.41, 5.74) is 8.63. The fourth-order valence-corrected chi connectivity index (χ4v) is 4.22. The summed E-state index contributed by atoms with van der Waals surface area (Å²) >= 11 is 0. The molecule has 0 spiro atoms. The van der Waals surface area contributed by atoms with Gasteiger partial charge in [-0.15, -0.1) is 0 Å². The van der Waals surface area contributed by atoms with Crippen LogP contribution < -0.4 is 16.2 Å². The Kier molecular flexibility index (Phi) is 6.71. The van der Waals surface area contributed by atoms with Gasteiger partial charge in [0.15, 0.2) is 0 Å². The van der Waals surface area contributed by atoms with Crippen molar-refractivity contribution >= 4 is 11.8 Å². The average molecular weight is 408 g/mol. The number of nitrogens with zero attached hydrogens (tertiary/aromatic N) is 2. The molecule has 2 amide bonds. The molecule has 2 unspecified atom stereocenters. The normalized spacial score (nSPS) is 22.1. The Morgan fingerprint density at radius 2 is 1.87 bits per heavy atom. The highest BCUT2D eigenvalue weighted by molar-refractivity contribution is 5.83. The Morgan fingerprint density at radius 3 is 2.60 bits per heavy atom. The first-order chi connectivity index (χ1) is 14.7. The molecule has 30 heavy (non-hydrogen) atoms. The number of hydrazine groups is 1. The van der Waals surface area contributed by atoms with E-state index in [1.165, 1.54) is 5.56 Å². The number of hydrogen-bond donors (Lipinski definition) is 3. The van der Waals surface area contributed by atoms with Crippen LogP contribution in [-0.4, -0.2) is 47.4 Å². The minimum atomic E-state index is -0.244. The predicted octanol–water partition coefficient (Wildman–Crippen LogP) is 1.59. The van der Waals surface area contributed by atoms with Gasteiger partial charge in [0.1, 0.15) is 6.04 Å². The highest BCUT2D eigenvalue weighted by atomic mass is 16.2. The molecule has 0 bridgehead atoms. The quantitative estimate of drug-likeness (QED) is 0.677. The minimum absolute atomic E-state index is 0.0115. The van der Waals surface area contributed by atoms with Gasteiger partial charge in [-0.2, -0.15) is 0 Å². The molecular weight excluding hydrogens is 378 g/mol. The van der Waals surface area contributed by atoms with Crippen molar-refractivity contribution in [2.45, 2.75) is 37.8 Å². The average Bonchev–Trinajstić information content (AvgIpc) is 3.30. The van der Waals surface area contributed by atoms with E-state index in [1.54, 1.807) is 6.20 Å². The van der Waals surface area contributed by atoms with Crippen LogP contribution in [0.1, 0.15) is 36.4 Å². The first kappa shape index (κ1) is 20.5. The standard InChI is InChI=1S/C23H29N5O2/c29-22(25-12-8-17-5-2-1-3-6-17)18-9-13-28(14-10-18)23(30)21-15-20(26-27-21)19-7-4-11-24-16-19/h1-7,11,16,18,20-21,26-27H,8-10,12-15H2,(H,25,29). The van der Waals surface area contributed by atoms with E-state index in [-0.39, 0.29) is 29.8 Å². The third-order valence-corrected chi connectivity index (χ3v) is 6.02. The summed E-state index contributed by atoms with van der Waals surface area (Å²) in [6.45, 7) is 1.91. The monoisotopic (exact) mass is 407 g/mol. The van der Waals surface area contributed by atoms with E-state index in [2.05, 4.69) is 33.3 Å². The van der Waals surface area contributed by atoms with Crippen LogP contribution in [0.2, 0.25) is 0 Å². The summed E-state index contributed by atoms with van der Waals surface area (Å²) in [4.78, 5) is 31.4. The van der Waals surface area contributed by atoms with Crippen molar-refractivity contribution in [1.82, 2.24) is 26.1 Å². The highest BCUT2D eigenvalue weighted by Crippen LogP contribution is 2.24. The van der Waals surface area contributed by atoms with Gasteiger partial charge in [-0.25, -0.2) is 10.9 Å². The maximum atomic E-state index is 12.9. The Labute approximate surface area is 177 Å². The number of benzene rings is 1. The molecule has 2 aromatic rings. The molecule has 2 aliphatic rings. The lowest BCUT2D eigenvalue weighted by molar-refractivity contribution is -0.137. The molecule has 1 aromatic heterocycles. The van der Waals surface area contributed by atoms with Crippen molar-refractivity contribution in [3.05, 3.63) is 66.0 Å². The zero-order chi connectivity index (χ0) is 20.8. The molecule has 158 valence electrons. The van der Waals surface area contributed by atoms with Crippen molar-refractivity contribution < 1.29 is 9.59 Å². The highest BCUT2D eigenvalue weighted by Gasteiger charge is 2.35. The van der Waals surface area contributed by atoms with Crippen LogP contribution in [0.4, 0.5) is 0 Å². The van der Waals surface area contributed by atoms with Crippen LogP contribution in [0.5, 0.6) is 0 Å². The smallest absolute Gasteiger partial charge is 0.241 e. The molecule has 2 atom stereocenters. The van der Waals surface area contributed by atoms with Crippen LogP contribution in [0.3, 0.4) is 0 Å². The first-order valence-corrected chi connectivity index (χ1v) is 10.7. The molecule has 7 nitrogen and oxygen atoms in total. The van der Waals surface area contributed by atoms with Gasteiger partial charge in [0, 0.05) is 44.0 Å². The van der Waals surface area contributed by atoms with E-state index in [0.717, 1.165) is 24.8 Å². The Morgan fingerprint density at radius 1 is 1.07 bits per heavy atom. The van der Waals surface area contributed by atoms with Gasteiger partial charge >= 0.3 is 0 Å². The fourth-order valence-electron chi connectivity index (χ4n) is 4.22. The Hall–Kier alpha value is -2.77. The zero-order valence-corrected chi connectivity index (χ0v) is 17.1. The number of amides is 2. The molecule has 3 heterocycles. The topological polar surface area (TPSA) is 86.4 Å². The van der Waals surface area contributed by atoms with E-state index in [1.807, 2.05) is 41.4 Å². The van der Waals surface area contributed by atoms with E-state index in [0.29, 0.717) is 26.1 Å². The second-order valence-electron chi connectivity index (χ2n) is 8.04. The summed E-state index contributed by atoms with van der Waals surface area (Å²) in [7, 11) is 0. The molecule has 2 fully saturated rings. The van der Waals surface area contributed by atoms with Gasteiger partial charge in [-0.05, 0) is 42.9 Å². The lowest BCUT2D eigenvalue weighted by Crippen LogP contribution is -2.49. The number of pyridine rings is 1. The maximum absolute atomic E-state index is 12.9. The number of carbonyl (C=O) groups excluding carboxylic acids is 2. The van der Waals surface area contributed by atoms with Crippen LogP contribution in [0.25, 0.3) is 0 Å². The summed E-state index contributed by atoms with van der Waals surface area (Å²) in [5.74, 6) is 0.204. The van der Waals surface area contributed by atoms with Crippen molar-refractivity contribution in [3.63, 3.8) is 0 Å². The lowest BCUT2D eigenvalue weighted by Gasteiger charge is -2.32. The summed E-state index contributed by atoms with van der Waals surface area (Å²) < 4.78 is 0. The van der Waals surface area contributed by atoms with Crippen LogP contribution >= 0.6 is 0 Å². The molecule has 0 aliphatic carbocycles. The molecule has 1 aromatic carbocycles. The molecule has 4 rings (SSSR count). The van der Waals surface area contributed by atoms with Crippen LogP contribution in [0.15, 0.2) is 54.9 Å². The van der Waals surface area contributed by atoms with Gasteiger partial charge in [0.2, 0.25) is 11.8 Å². The predicted molar refractivity (Wildman–Crippen MR) is 114 cm³/mol. The molecule has 3 N–H and O–H groups in total. The van der Waals surface area contributed by atoms with Gasteiger partial charge < -0.3 is 10.2 Å². The minimum Gasteiger partial charge on any atom is -0.356 e. The van der Waals surface area contributed by atoms with Gasteiger partial charge in [-0.1, -0.05) is 36.4 Å². The van der Waals surface area contributed by atoms with Crippen LogP contribution in [-0.2, 0) is 16.0 Å². The number of likely N-dealkylation sites (tertiary alicyclic amines) is 1. The van der Waals surface area contributed by atoms with Gasteiger partial charge in [0.05, 0.1) is 0 Å². The number of carbonyl (C=O) groups is 2. The lowest BCUT2D eigenvalue weighted by atomic mass is 9.94. The Balaban J connectivity index is 1.19. The SMILES string of the molecule is O=C(NCCc1ccccc1)C1CCN(C(=O)C2CC(c3cccnc3)NN2)CC1. The second kappa shape index (κ2) is 9.82. The van der Waals surface area contributed by atoms with Gasteiger partial charge in [-0.3, -0.25) is 14.6 Å². The largest absolute Gasteiger partial charge is 0.356 e. The number of piperidine rings is 1. The molecule has 2 saturated heterocycles. The first-order valence-electron chi connectivity index (χ1n) is 10.7. The van der Waals surface area contributed by atoms with Gasteiger partial charge in [0.25, 0.3) is 0 Å². The third-order valence-electron chi connectivity index (χ3n) is 6.02. The number of nitrogens with one attached hydrogen (secondary N) is 3. The second-order valence-corrected chi connectivity index (χ2v) is 8.04. The van der Waals surface area contributed by atoms with Crippen molar-refractivity contribution in [1.29, 1.82) is 0 Å². The number of hydrogen-bond acceptors (Lipinski definition) is 5. The summed E-state index contributed by atoms with van der Waals surface area (Å²) in [6.07, 6.45) is 6.54. The molecule has 0 saturated carbocycles. The Bertz CT molecular complexity index is 837. The summed E-state index contributed by atoms with van der Waals surface area (Å²) in [6, 6.07) is 13.9. The molecule has 0 radical (unpaired) electrons. The molecule has 7 heteroatoms. The maximum Gasteiger partial charge on any atom is 0.241 e. The van der Waals surface area contributed by atoms with E-state index in [9.17, 15) is 9.59 Å². The van der Waals surface area contributed by atoms with Crippen LogP contribution in [0, 0.1) is 5.92 Å². The third kappa shape index (κ3) is 5.04. The zero-order valence-electron chi connectivity index (χ0n) is 17.1.